The van der Waals surface area contributed by atoms with Crippen LogP contribution in [0.25, 0.3) is 0 Å². The normalized spacial score (nSPS) is 12.6. The molecule has 0 heterocycles. The number of rotatable bonds is 3. The molecule has 0 fully saturated rings. The minimum atomic E-state index is -0.508. The number of aliphatic hydroxyl groups is 1. The van der Waals surface area contributed by atoms with Crippen LogP contribution in [-0.4, -0.2) is 23.4 Å². The fourth-order valence-electron chi connectivity index (χ4n) is 1.26. The van der Waals surface area contributed by atoms with Crippen molar-refractivity contribution in [2.75, 3.05) is 7.11 Å². The van der Waals surface area contributed by atoms with Gasteiger partial charge in [0.2, 0.25) is 0 Å². The predicted octanol–water partition coefficient (Wildman–Crippen LogP) is 1.98. The number of methoxy groups -OCH3 is 1. The van der Waals surface area contributed by atoms with E-state index in [-0.39, 0.29) is 11.5 Å². The van der Waals surface area contributed by atoms with Gasteiger partial charge in [-0.15, -0.1) is 0 Å². The van der Waals surface area contributed by atoms with E-state index < -0.39 is 6.10 Å². The van der Waals surface area contributed by atoms with Crippen molar-refractivity contribution in [3.8, 4) is 11.5 Å². The average molecular weight is 217 g/mol. The monoisotopic (exact) mass is 216 g/mol. The molecule has 1 aromatic carbocycles. The Balaban J connectivity index is 3.08. The summed E-state index contributed by atoms with van der Waals surface area (Å²) in [6, 6.07) is 3.31. The van der Waals surface area contributed by atoms with Crippen molar-refractivity contribution in [1.29, 1.82) is 0 Å². The molecule has 0 amide bonds. The fraction of sp³-hybridized carbons (Fsp3) is 0.400. The van der Waals surface area contributed by atoms with Gasteiger partial charge in [0.15, 0.2) is 11.5 Å². The van der Waals surface area contributed by atoms with Gasteiger partial charge in [-0.25, -0.2) is 0 Å². The fourth-order valence-corrected chi connectivity index (χ4v) is 1.49. The maximum Gasteiger partial charge on any atom is 0.179 e. The number of phenols is 1. The van der Waals surface area contributed by atoms with E-state index in [0.29, 0.717) is 17.0 Å². The SMILES string of the molecule is COc1c(Cl)ccc(CC(C)O)c1O. The summed E-state index contributed by atoms with van der Waals surface area (Å²) in [7, 11) is 1.44. The van der Waals surface area contributed by atoms with E-state index in [1.54, 1.807) is 19.1 Å². The molecule has 0 spiro atoms. The maximum absolute atomic E-state index is 9.70. The molecule has 1 atom stereocenters. The maximum atomic E-state index is 9.70. The van der Waals surface area contributed by atoms with Gasteiger partial charge in [0.1, 0.15) is 0 Å². The van der Waals surface area contributed by atoms with Crippen LogP contribution in [0.4, 0.5) is 0 Å². The first-order chi connectivity index (χ1) is 6.56. The van der Waals surface area contributed by atoms with Crippen molar-refractivity contribution < 1.29 is 14.9 Å². The molecule has 1 rings (SSSR count). The summed E-state index contributed by atoms with van der Waals surface area (Å²) in [5.41, 5.74) is 0.626. The summed E-state index contributed by atoms with van der Waals surface area (Å²) in [6.45, 7) is 1.65. The first-order valence-electron chi connectivity index (χ1n) is 4.28. The van der Waals surface area contributed by atoms with Crippen molar-refractivity contribution >= 4 is 11.6 Å². The van der Waals surface area contributed by atoms with Gasteiger partial charge in [-0.2, -0.15) is 0 Å². The molecule has 4 heteroatoms. The minimum absolute atomic E-state index is 0.000833. The van der Waals surface area contributed by atoms with Crippen molar-refractivity contribution in [2.24, 2.45) is 0 Å². The Morgan fingerprint density at radius 3 is 2.64 bits per heavy atom. The van der Waals surface area contributed by atoms with Crippen LogP contribution in [0.15, 0.2) is 12.1 Å². The third-order valence-electron chi connectivity index (χ3n) is 1.89. The summed E-state index contributed by atoms with van der Waals surface area (Å²) in [6.07, 6.45) is -0.133. The Labute approximate surface area is 87.9 Å². The van der Waals surface area contributed by atoms with E-state index in [9.17, 15) is 10.2 Å². The Kier molecular flexibility index (Phi) is 3.61. The lowest BCUT2D eigenvalue weighted by molar-refractivity contribution is 0.194. The lowest BCUT2D eigenvalue weighted by atomic mass is 10.1. The zero-order valence-corrected chi connectivity index (χ0v) is 8.88. The largest absolute Gasteiger partial charge is 0.504 e. The molecule has 0 bridgehead atoms. The second kappa shape index (κ2) is 4.53. The molecule has 0 aromatic heterocycles. The average Bonchev–Trinajstić information content (AvgIpc) is 2.10. The summed E-state index contributed by atoms with van der Waals surface area (Å²) in [5.74, 6) is 0.255. The molecule has 14 heavy (non-hydrogen) atoms. The van der Waals surface area contributed by atoms with Crippen LogP contribution < -0.4 is 4.74 Å². The highest BCUT2D eigenvalue weighted by Crippen LogP contribution is 2.37. The smallest absolute Gasteiger partial charge is 0.179 e. The van der Waals surface area contributed by atoms with Crippen LogP contribution in [0.5, 0.6) is 11.5 Å². The molecule has 0 aliphatic carbocycles. The van der Waals surface area contributed by atoms with Gasteiger partial charge in [-0.3, -0.25) is 0 Å². The molecule has 0 saturated carbocycles. The van der Waals surface area contributed by atoms with Crippen LogP contribution in [0.2, 0.25) is 5.02 Å². The third kappa shape index (κ3) is 2.30. The van der Waals surface area contributed by atoms with Gasteiger partial charge in [0, 0.05) is 12.0 Å². The second-order valence-corrected chi connectivity index (χ2v) is 3.55. The number of benzene rings is 1. The van der Waals surface area contributed by atoms with Gasteiger partial charge < -0.3 is 14.9 Å². The number of hydrogen-bond donors (Lipinski definition) is 2. The van der Waals surface area contributed by atoms with Crippen molar-refractivity contribution in [2.45, 2.75) is 19.4 Å². The van der Waals surface area contributed by atoms with Crippen LogP contribution in [0.3, 0.4) is 0 Å². The molecule has 0 saturated heterocycles. The molecule has 3 nitrogen and oxygen atoms in total. The Bertz CT molecular complexity index is 323. The quantitative estimate of drug-likeness (QED) is 0.813. The summed E-state index contributed by atoms with van der Waals surface area (Å²) in [5, 5.41) is 19.2. The zero-order valence-electron chi connectivity index (χ0n) is 8.12. The number of ether oxygens (including phenoxy) is 1. The van der Waals surface area contributed by atoms with Crippen LogP contribution >= 0.6 is 11.6 Å². The molecule has 1 unspecified atom stereocenters. The van der Waals surface area contributed by atoms with Crippen molar-refractivity contribution in [3.63, 3.8) is 0 Å². The third-order valence-corrected chi connectivity index (χ3v) is 2.18. The van der Waals surface area contributed by atoms with E-state index in [1.807, 2.05) is 0 Å². The number of halogens is 1. The first-order valence-corrected chi connectivity index (χ1v) is 4.66. The second-order valence-electron chi connectivity index (χ2n) is 3.14. The van der Waals surface area contributed by atoms with Gasteiger partial charge in [-0.05, 0) is 13.0 Å². The molecule has 0 radical (unpaired) electrons. The topological polar surface area (TPSA) is 49.7 Å². The lowest BCUT2D eigenvalue weighted by Gasteiger charge is -2.11. The van der Waals surface area contributed by atoms with Gasteiger partial charge >= 0.3 is 0 Å². The van der Waals surface area contributed by atoms with Crippen LogP contribution in [-0.2, 0) is 6.42 Å². The van der Waals surface area contributed by atoms with Crippen molar-refractivity contribution in [3.05, 3.63) is 22.7 Å². The number of hydrogen-bond acceptors (Lipinski definition) is 3. The highest BCUT2D eigenvalue weighted by molar-refractivity contribution is 6.32. The number of phenolic OH excluding ortho intramolecular Hbond substituents is 1. The van der Waals surface area contributed by atoms with E-state index in [4.69, 9.17) is 16.3 Å². The van der Waals surface area contributed by atoms with Gasteiger partial charge in [0.25, 0.3) is 0 Å². The van der Waals surface area contributed by atoms with E-state index in [2.05, 4.69) is 0 Å². The first kappa shape index (κ1) is 11.1. The molecule has 1 aromatic rings. The highest BCUT2D eigenvalue weighted by atomic mass is 35.5. The minimum Gasteiger partial charge on any atom is -0.504 e. The van der Waals surface area contributed by atoms with Gasteiger partial charge in [-0.1, -0.05) is 17.7 Å². The Morgan fingerprint density at radius 1 is 1.50 bits per heavy atom. The number of aromatic hydroxyl groups is 1. The summed E-state index contributed by atoms with van der Waals surface area (Å²) >= 11 is 5.79. The van der Waals surface area contributed by atoms with Gasteiger partial charge in [0.05, 0.1) is 18.2 Å². The molecule has 0 aliphatic heterocycles. The zero-order chi connectivity index (χ0) is 10.7. The Morgan fingerprint density at radius 2 is 2.14 bits per heavy atom. The van der Waals surface area contributed by atoms with E-state index in [0.717, 1.165) is 0 Å². The highest BCUT2D eigenvalue weighted by Gasteiger charge is 2.12. The lowest BCUT2D eigenvalue weighted by Crippen LogP contribution is -2.04. The summed E-state index contributed by atoms with van der Waals surface area (Å²) in [4.78, 5) is 0. The van der Waals surface area contributed by atoms with E-state index in [1.165, 1.54) is 7.11 Å². The van der Waals surface area contributed by atoms with E-state index >= 15 is 0 Å². The molecule has 78 valence electrons. The predicted molar refractivity (Wildman–Crippen MR) is 55.1 cm³/mol. The standard InChI is InChI=1S/C10H13ClO3/c1-6(12)5-7-3-4-8(11)10(14-2)9(7)13/h3-4,6,12-13H,5H2,1-2H3. The van der Waals surface area contributed by atoms with Crippen LogP contribution in [0.1, 0.15) is 12.5 Å². The molecule has 2 N–H and O–H groups in total. The van der Waals surface area contributed by atoms with Crippen LogP contribution in [0, 0.1) is 0 Å². The molecular formula is C10H13ClO3. The number of aliphatic hydroxyl groups excluding tert-OH is 1. The van der Waals surface area contributed by atoms with Crippen molar-refractivity contribution in [1.82, 2.24) is 0 Å². The molecule has 0 aliphatic rings. The Hall–Kier alpha value is -0.930. The summed E-state index contributed by atoms with van der Waals surface area (Å²) < 4.78 is 4.93. The molecular weight excluding hydrogens is 204 g/mol.